The quantitative estimate of drug-likeness (QED) is 0.610. The summed E-state index contributed by atoms with van der Waals surface area (Å²) in [5.41, 5.74) is 0.350. The largest absolute Gasteiger partial charge is 0.461 e. The highest BCUT2D eigenvalue weighted by Crippen LogP contribution is 2.31. The molecule has 0 N–H and O–H groups in total. The lowest BCUT2D eigenvalue weighted by Crippen LogP contribution is -2.39. The van der Waals surface area contributed by atoms with Crippen molar-refractivity contribution in [2.75, 3.05) is 0 Å². The molecule has 0 radical (unpaired) electrons. The number of hydrogen-bond donors (Lipinski definition) is 0. The van der Waals surface area contributed by atoms with Gasteiger partial charge in [-0.25, -0.2) is 0 Å². The molecule has 4 nitrogen and oxygen atoms in total. The van der Waals surface area contributed by atoms with Crippen LogP contribution in [-0.4, -0.2) is 17.5 Å². The molecule has 26 heavy (non-hydrogen) atoms. The van der Waals surface area contributed by atoms with E-state index in [9.17, 15) is 9.59 Å². The summed E-state index contributed by atoms with van der Waals surface area (Å²) in [6.45, 7) is 13.7. The van der Waals surface area contributed by atoms with Gasteiger partial charge in [0.1, 0.15) is 12.2 Å². The molecule has 0 aliphatic heterocycles. The molecule has 2 atom stereocenters. The van der Waals surface area contributed by atoms with E-state index in [1.54, 1.807) is 0 Å². The first-order valence-electron chi connectivity index (χ1n) is 9.44. The molecular weight excluding hydrogens is 328 g/mol. The van der Waals surface area contributed by atoms with E-state index in [0.29, 0.717) is 6.42 Å². The monoisotopic (exact) mass is 362 g/mol. The van der Waals surface area contributed by atoms with Crippen molar-refractivity contribution in [3.05, 3.63) is 35.9 Å². The molecule has 1 unspecified atom stereocenters. The highest BCUT2D eigenvalue weighted by Gasteiger charge is 2.39. The van der Waals surface area contributed by atoms with Crippen LogP contribution in [0, 0.1) is 23.7 Å². The Labute approximate surface area is 158 Å². The standard InChI is InChI=1S/C22H34O4/c1-15(2)13-18(19(16(3)4)21(24)26-22(5,6)7)20(23)25-14-17-11-9-8-10-12-17/h8-12,15-16,18-19H,13-14H2,1-7H3/t18-,19?/m1/s1. The van der Waals surface area contributed by atoms with Crippen molar-refractivity contribution in [3.63, 3.8) is 0 Å². The molecule has 0 spiro atoms. The molecule has 1 rings (SSSR count). The average molecular weight is 363 g/mol. The van der Waals surface area contributed by atoms with Crippen LogP contribution in [-0.2, 0) is 25.7 Å². The molecule has 0 amide bonds. The average Bonchev–Trinajstić information content (AvgIpc) is 2.50. The van der Waals surface area contributed by atoms with Crippen LogP contribution >= 0.6 is 0 Å². The lowest BCUT2D eigenvalue weighted by atomic mass is 9.79. The zero-order chi connectivity index (χ0) is 19.9. The van der Waals surface area contributed by atoms with Crippen molar-refractivity contribution in [2.24, 2.45) is 23.7 Å². The topological polar surface area (TPSA) is 52.6 Å². The molecule has 1 aromatic carbocycles. The fourth-order valence-electron chi connectivity index (χ4n) is 3.00. The molecular formula is C22H34O4. The molecule has 0 aliphatic rings. The number of ether oxygens (including phenoxy) is 2. The molecule has 0 saturated carbocycles. The van der Waals surface area contributed by atoms with Crippen molar-refractivity contribution in [1.82, 2.24) is 0 Å². The van der Waals surface area contributed by atoms with Gasteiger partial charge in [0.15, 0.2) is 0 Å². The van der Waals surface area contributed by atoms with Gasteiger partial charge in [0.05, 0.1) is 11.8 Å². The molecule has 0 bridgehead atoms. The molecule has 0 fully saturated rings. The van der Waals surface area contributed by atoms with Crippen molar-refractivity contribution in [2.45, 2.75) is 67.1 Å². The first-order chi connectivity index (χ1) is 12.0. The van der Waals surface area contributed by atoms with E-state index in [4.69, 9.17) is 9.47 Å². The van der Waals surface area contributed by atoms with Crippen LogP contribution < -0.4 is 0 Å². The van der Waals surface area contributed by atoms with Crippen LogP contribution in [0.4, 0.5) is 0 Å². The van der Waals surface area contributed by atoms with E-state index >= 15 is 0 Å². The van der Waals surface area contributed by atoms with Crippen LogP contribution in [0.5, 0.6) is 0 Å². The van der Waals surface area contributed by atoms with E-state index in [-0.39, 0.29) is 30.4 Å². The second-order valence-corrected chi connectivity index (χ2v) is 8.63. The number of carbonyl (C=O) groups is 2. The molecule has 4 heteroatoms. The minimum absolute atomic E-state index is 0.0159. The van der Waals surface area contributed by atoms with Crippen molar-refractivity contribution >= 4 is 11.9 Å². The second-order valence-electron chi connectivity index (χ2n) is 8.63. The number of rotatable bonds is 8. The summed E-state index contributed by atoms with van der Waals surface area (Å²) >= 11 is 0. The Hall–Kier alpha value is -1.84. The molecule has 0 heterocycles. The van der Waals surface area contributed by atoms with Gasteiger partial charge in [0, 0.05) is 0 Å². The maximum Gasteiger partial charge on any atom is 0.310 e. The van der Waals surface area contributed by atoms with Crippen LogP contribution in [0.2, 0.25) is 0 Å². The highest BCUT2D eigenvalue weighted by molar-refractivity contribution is 5.82. The number of carbonyl (C=O) groups excluding carboxylic acids is 2. The van der Waals surface area contributed by atoms with Gasteiger partial charge >= 0.3 is 11.9 Å². The Morgan fingerprint density at radius 2 is 1.54 bits per heavy atom. The van der Waals surface area contributed by atoms with Crippen molar-refractivity contribution in [3.8, 4) is 0 Å². The van der Waals surface area contributed by atoms with Crippen molar-refractivity contribution in [1.29, 1.82) is 0 Å². The van der Waals surface area contributed by atoms with E-state index in [0.717, 1.165) is 5.56 Å². The third-order valence-electron chi connectivity index (χ3n) is 4.08. The lowest BCUT2D eigenvalue weighted by molar-refractivity contribution is -0.171. The summed E-state index contributed by atoms with van der Waals surface area (Å²) in [5, 5.41) is 0. The number of esters is 2. The lowest BCUT2D eigenvalue weighted by Gasteiger charge is -2.31. The SMILES string of the molecule is CC(C)C[C@@H](C(=O)OCc1ccccc1)C(C(=O)OC(C)(C)C)C(C)C. The minimum Gasteiger partial charge on any atom is -0.461 e. The fourth-order valence-corrected chi connectivity index (χ4v) is 3.00. The summed E-state index contributed by atoms with van der Waals surface area (Å²) in [6.07, 6.45) is 0.593. The van der Waals surface area contributed by atoms with Gasteiger partial charge in [-0.1, -0.05) is 58.0 Å². The fraction of sp³-hybridized carbons (Fsp3) is 0.636. The van der Waals surface area contributed by atoms with Gasteiger partial charge in [-0.2, -0.15) is 0 Å². The Morgan fingerprint density at radius 1 is 0.962 bits per heavy atom. The van der Waals surface area contributed by atoms with Gasteiger partial charge in [-0.05, 0) is 44.6 Å². The first-order valence-corrected chi connectivity index (χ1v) is 9.44. The summed E-state index contributed by atoms with van der Waals surface area (Å²) in [7, 11) is 0. The molecule has 146 valence electrons. The number of benzene rings is 1. The summed E-state index contributed by atoms with van der Waals surface area (Å²) in [4.78, 5) is 25.6. The Kier molecular flexibility index (Phi) is 8.32. The normalized spacial score (nSPS) is 14.2. The molecule has 0 aromatic heterocycles. The number of hydrogen-bond acceptors (Lipinski definition) is 4. The third-order valence-corrected chi connectivity index (χ3v) is 4.08. The van der Waals surface area contributed by atoms with E-state index in [1.807, 2.05) is 78.8 Å². The molecule has 1 aromatic rings. The third kappa shape index (κ3) is 7.59. The van der Waals surface area contributed by atoms with Gasteiger partial charge in [0.25, 0.3) is 0 Å². The van der Waals surface area contributed by atoms with E-state index < -0.39 is 17.4 Å². The predicted octanol–water partition coefficient (Wildman–Crippen LogP) is 5.01. The highest BCUT2D eigenvalue weighted by atomic mass is 16.6. The Balaban J connectivity index is 2.95. The Morgan fingerprint density at radius 3 is 2.00 bits per heavy atom. The van der Waals surface area contributed by atoms with Crippen LogP contribution in [0.15, 0.2) is 30.3 Å². The molecule has 0 saturated heterocycles. The summed E-state index contributed by atoms with van der Waals surface area (Å²) < 4.78 is 11.1. The van der Waals surface area contributed by atoms with Crippen LogP contribution in [0.3, 0.4) is 0 Å². The van der Waals surface area contributed by atoms with Crippen molar-refractivity contribution < 1.29 is 19.1 Å². The first kappa shape index (κ1) is 22.2. The van der Waals surface area contributed by atoms with Gasteiger partial charge in [0.2, 0.25) is 0 Å². The maximum atomic E-state index is 12.8. The van der Waals surface area contributed by atoms with Gasteiger partial charge < -0.3 is 9.47 Å². The summed E-state index contributed by atoms with van der Waals surface area (Å²) in [6, 6.07) is 9.57. The van der Waals surface area contributed by atoms with E-state index in [2.05, 4.69) is 0 Å². The smallest absolute Gasteiger partial charge is 0.310 e. The summed E-state index contributed by atoms with van der Waals surface area (Å²) in [5.74, 6) is -1.42. The molecule has 0 aliphatic carbocycles. The zero-order valence-electron chi connectivity index (χ0n) is 17.2. The second kappa shape index (κ2) is 9.75. The van der Waals surface area contributed by atoms with Crippen LogP contribution in [0.1, 0.15) is 60.5 Å². The van der Waals surface area contributed by atoms with E-state index in [1.165, 1.54) is 0 Å². The Bertz CT molecular complexity index is 570. The maximum absolute atomic E-state index is 12.8. The van der Waals surface area contributed by atoms with Gasteiger partial charge in [-0.3, -0.25) is 9.59 Å². The van der Waals surface area contributed by atoms with Gasteiger partial charge in [-0.15, -0.1) is 0 Å². The predicted molar refractivity (Wildman–Crippen MR) is 103 cm³/mol. The minimum atomic E-state index is -0.583. The zero-order valence-corrected chi connectivity index (χ0v) is 17.2. The van der Waals surface area contributed by atoms with Crippen LogP contribution in [0.25, 0.3) is 0 Å².